The first-order valence-electron chi connectivity index (χ1n) is 8.28. The van der Waals surface area contributed by atoms with Crippen LogP contribution in [0.5, 0.6) is 0 Å². The van der Waals surface area contributed by atoms with E-state index in [2.05, 4.69) is 57.4 Å². The smallest absolute Gasteiger partial charge is 0.0917 e. The van der Waals surface area contributed by atoms with Gasteiger partial charge in [-0.2, -0.15) is 0 Å². The van der Waals surface area contributed by atoms with Crippen LogP contribution in [0.15, 0.2) is 58.4 Å². The van der Waals surface area contributed by atoms with E-state index in [1.54, 1.807) is 0 Å². The number of aliphatic hydroxyl groups excluding tert-OH is 1. The summed E-state index contributed by atoms with van der Waals surface area (Å²) >= 11 is 5.28. The minimum Gasteiger partial charge on any atom is -0.387 e. The second kappa shape index (κ2) is 8.26. The Morgan fingerprint density at radius 1 is 1.17 bits per heavy atom. The maximum absolute atomic E-state index is 10.5. The van der Waals surface area contributed by atoms with E-state index < -0.39 is 6.10 Å². The lowest BCUT2D eigenvalue weighted by atomic mass is 10.1. The fourth-order valence-electron chi connectivity index (χ4n) is 2.95. The fraction of sp³-hybridized carbons (Fsp3) is 0.300. The highest BCUT2D eigenvalue weighted by atomic mass is 79.9. The number of rotatable bonds is 7. The third kappa shape index (κ3) is 4.25. The minimum atomic E-state index is -0.457. The highest BCUT2D eigenvalue weighted by Gasteiger charge is 2.13. The molecule has 1 N–H and O–H groups in total. The zero-order valence-electron chi connectivity index (χ0n) is 13.8. The Balaban J connectivity index is 1.62. The Morgan fingerprint density at radius 2 is 2.00 bits per heavy atom. The van der Waals surface area contributed by atoms with Crippen LogP contribution >= 0.6 is 27.3 Å². The van der Waals surface area contributed by atoms with E-state index >= 15 is 0 Å². The lowest BCUT2D eigenvalue weighted by Crippen LogP contribution is -2.30. The molecule has 0 saturated carbocycles. The third-order valence-electron chi connectivity index (χ3n) is 4.37. The number of nitrogens with zero attached hydrogens (tertiary/aromatic N) is 1. The van der Waals surface area contributed by atoms with Crippen molar-refractivity contribution in [2.24, 2.45) is 0 Å². The molecule has 0 amide bonds. The standard InChI is InChI=1S/C20H22BrNOS/c1-2-22(13-19(23)15-6-5-7-17(21)12-15)11-10-16-14-24-20-9-4-3-8-18(16)20/h3-9,12,14,19,23H,2,10-11,13H2,1H3. The summed E-state index contributed by atoms with van der Waals surface area (Å²) < 4.78 is 2.36. The van der Waals surface area contributed by atoms with Gasteiger partial charge >= 0.3 is 0 Å². The van der Waals surface area contributed by atoms with Gasteiger partial charge in [-0.1, -0.05) is 53.2 Å². The predicted octanol–water partition coefficient (Wildman–Crippen LogP) is 5.26. The molecule has 0 saturated heterocycles. The van der Waals surface area contributed by atoms with Gasteiger partial charge < -0.3 is 10.0 Å². The maximum atomic E-state index is 10.5. The Bertz CT molecular complexity index is 801. The average molecular weight is 404 g/mol. The van der Waals surface area contributed by atoms with Gasteiger partial charge in [0.25, 0.3) is 0 Å². The molecule has 0 aliphatic heterocycles. The van der Waals surface area contributed by atoms with Gasteiger partial charge in [-0.15, -0.1) is 11.3 Å². The van der Waals surface area contributed by atoms with Crippen LogP contribution in [0.1, 0.15) is 24.2 Å². The van der Waals surface area contributed by atoms with E-state index in [1.165, 1.54) is 15.6 Å². The van der Waals surface area contributed by atoms with Crippen molar-refractivity contribution in [1.29, 1.82) is 0 Å². The number of hydrogen-bond acceptors (Lipinski definition) is 3. The fourth-order valence-corrected chi connectivity index (χ4v) is 4.36. The van der Waals surface area contributed by atoms with Gasteiger partial charge in [0.1, 0.15) is 0 Å². The van der Waals surface area contributed by atoms with Gasteiger partial charge in [0.05, 0.1) is 6.10 Å². The summed E-state index contributed by atoms with van der Waals surface area (Å²) in [5.41, 5.74) is 2.37. The molecule has 0 bridgehead atoms. The minimum absolute atomic E-state index is 0.457. The number of halogens is 1. The van der Waals surface area contributed by atoms with Crippen LogP contribution in [0.4, 0.5) is 0 Å². The van der Waals surface area contributed by atoms with Crippen molar-refractivity contribution in [1.82, 2.24) is 4.90 Å². The molecule has 1 atom stereocenters. The highest BCUT2D eigenvalue weighted by Crippen LogP contribution is 2.26. The molecular formula is C20H22BrNOS. The van der Waals surface area contributed by atoms with Crippen molar-refractivity contribution in [2.45, 2.75) is 19.4 Å². The Labute approximate surface area is 155 Å². The SMILES string of the molecule is CCN(CCc1csc2ccccc12)CC(O)c1cccc(Br)c1. The molecule has 0 fully saturated rings. The van der Waals surface area contributed by atoms with E-state index in [-0.39, 0.29) is 0 Å². The third-order valence-corrected chi connectivity index (χ3v) is 5.88. The first-order valence-corrected chi connectivity index (χ1v) is 9.95. The van der Waals surface area contributed by atoms with Crippen LogP contribution in [-0.4, -0.2) is 29.6 Å². The maximum Gasteiger partial charge on any atom is 0.0917 e. The van der Waals surface area contributed by atoms with E-state index in [9.17, 15) is 5.11 Å². The van der Waals surface area contributed by atoms with Crippen LogP contribution in [0.25, 0.3) is 10.1 Å². The molecule has 0 radical (unpaired) electrons. The lowest BCUT2D eigenvalue weighted by molar-refractivity contribution is 0.116. The molecule has 4 heteroatoms. The molecule has 24 heavy (non-hydrogen) atoms. The summed E-state index contributed by atoms with van der Waals surface area (Å²) in [6, 6.07) is 16.5. The number of hydrogen-bond donors (Lipinski definition) is 1. The van der Waals surface area contributed by atoms with Gasteiger partial charge in [0.15, 0.2) is 0 Å². The number of likely N-dealkylation sites (N-methyl/N-ethyl adjacent to an activating group) is 1. The molecule has 126 valence electrons. The van der Waals surface area contributed by atoms with Crippen molar-refractivity contribution < 1.29 is 5.11 Å². The summed E-state index contributed by atoms with van der Waals surface area (Å²) in [6.07, 6.45) is 0.560. The number of benzene rings is 2. The Hall–Kier alpha value is -1.20. The predicted molar refractivity (Wildman–Crippen MR) is 107 cm³/mol. The molecule has 0 aliphatic carbocycles. The molecule has 1 heterocycles. The van der Waals surface area contributed by atoms with Gasteiger partial charge in [-0.25, -0.2) is 0 Å². The monoisotopic (exact) mass is 403 g/mol. The normalized spacial score (nSPS) is 12.8. The second-order valence-corrected chi connectivity index (χ2v) is 7.80. The molecule has 1 aromatic heterocycles. The Morgan fingerprint density at radius 3 is 2.79 bits per heavy atom. The van der Waals surface area contributed by atoms with Crippen molar-refractivity contribution in [3.8, 4) is 0 Å². The quantitative estimate of drug-likeness (QED) is 0.581. The van der Waals surface area contributed by atoms with Crippen LogP contribution in [0.3, 0.4) is 0 Å². The topological polar surface area (TPSA) is 23.5 Å². The summed E-state index contributed by atoms with van der Waals surface area (Å²) in [5.74, 6) is 0. The van der Waals surface area contributed by atoms with Crippen LogP contribution in [0, 0.1) is 0 Å². The zero-order valence-corrected chi connectivity index (χ0v) is 16.2. The summed E-state index contributed by atoms with van der Waals surface area (Å²) in [4.78, 5) is 2.32. The number of fused-ring (bicyclic) bond motifs is 1. The van der Waals surface area contributed by atoms with Crippen LogP contribution in [-0.2, 0) is 6.42 Å². The van der Waals surface area contributed by atoms with E-state index in [0.29, 0.717) is 6.54 Å². The van der Waals surface area contributed by atoms with Gasteiger partial charge in [0.2, 0.25) is 0 Å². The molecular weight excluding hydrogens is 382 g/mol. The molecule has 0 aliphatic rings. The van der Waals surface area contributed by atoms with Crippen LogP contribution < -0.4 is 0 Å². The molecule has 2 nitrogen and oxygen atoms in total. The van der Waals surface area contributed by atoms with Gasteiger partial charge in [-0.3, -0.25) is 0 Å². The first kappa shape index (κ1) is 17.6. The Kier molecular flexibility index (Phi) is 6.06. The van der Waals surface area contributed by atoms with E-state index in [0.717, 1.165) is 29.5 Å². The van der Waals surface area contributed by atoms with Crippen molar-refractivity contribution in [2.75, 3.05) is 19.6 Å². The first-order chi connectivity index (χ1) is 11.7. The van der Waals surface area contributed by atoms with Gasteiger partial charge in [0, 0.05) is 22.3 Å². The molecule has 3 rings (SSSR count). The van der Waals surface area contributed by atoms with Crippen molar-refractivity contribution in [3.05, 3.63) is 69.5 Å². The largest absolute Gasteiger partial charge is 0.387 e. The van der Waals surface area contributed by atoms with Crippen molar-refractivity contribution in [3.63, 3.8) is 0 Å². The summed E-state index contributed by atoms with van der Waals surface area (Å²) in [7, 11) is 0. The number of thiophene rings is 1. The van der Waals surface area contributed by atoms with Gasteiger partial charge in [-0.05, 0) is 53.1 Å². The van der Waals surface area contributed by atoms with E-state index in [1.807, 2.05) is 35.6 Å². The summed E-state index contributed by atoms with van der Waals surface area (Å²) in [6.45, 7) is 4.71. The number of aliphatic hydroxyl groups is 1. The van der Waals surface area contributed by atoms with Crippen LogP contribution in [0.2, 0.25) is 0 Å². The zero-order chi connectivity index (χ0) is 16.9. The van der Waals surface area contributed by atoms with E-state index in [4.69, 9.17) is 0 Å². The second-order valence-electron chi connectivity index (χ2n) is 5.97. The lowest BCUT2D eigenvalue weighted by Gasteiger charge is -2.24. The molecule has 3 aromatic rings. The molecule has 2 aromatic carbocycles. The molecule has 0 spiro atoms. The highest BCUT2D eigenvalue weighted by molar-refractivity contribution is 9.10. The molecule has 1 unspecified atom stereocenters. The average Bonchev–Trinajstić information content (AvgIpc) is 3.01. The van der Waals surface area contributed by atoms with Crippen molar-refractivity contribution >= 4 is 37.4 Å². The summed E-state index contributed by atoms with van der Waals surface area (Å²) in [5, 5.41) is 14.1.